The highest BCUT2D eigenvalue weighted by atomic mass is 79.9. The van der Waals surface area contributed by atoms with Crippen molar-refractivity contribution in [3.05, 3.63) is 34.1 Å². The Hall–Kier alpha value is -0.450. The van der Waals surface area contributed by atoms with Gasteiger partial charge in [0.05, 0.1) is 0 Å². The van der Waals surface area contributed by atoms with Crippen molar-refractivity contribution in [1.29, 1.82) is 0 Å². The fraction of sp³-hybridized carbons (Fsp3) is 0.600. The highest BCUT2D eigenvalue weighted by Crippen LogP contribution is 2.17. The summed E-state index contributed by atoms with van der Waals surface area (Å²) in [5.41, 5.74) is 0.980. The number of rotatable bonds is 6. The maximum absolute atomic E-state index is 13.1. The number of likely N-dealkylation sites (tertiary alicyclic amines) is 1. The van der Waals surface area contributed by atoms with Gasteiger partial charge in [-0.1, -0.05) is 22.9 Å². The Morgan fingerprint density at radius 1 is 1.37 bits per heavy atom. The molecule has 0 bridgehead atoms. The molecule has 1 aromatic carbocycles. The molecule has 1 unspecified atom stereocenters. The van der Waals surface area contributed by atoms with Crippen molar-refractivity contribution in [2.24, 2.45) is 5.92 Å². The van der Waals surface area contributed by atoms with E-state index in [9.17, 15) is 4.39 Å². The van der Waals surface area contributed by atoms with E-state index in [0.717, 1.165) is 23.1 Å². The molecule has 1 N–H and O–H groups in total. The van der Waals surface area contributed by atoms with Gasteiger partial charge in [0.25, 0.3) is 0 Å². The van der Waals surface area contributed by atoms with Crippen LogP contribution >= 0.6 is 15.9 Å². The quantitative estimate of drug-likeness (QED) is 0.860. The molecule has 1 aliphatic rings. The molecule has 0 aliphatic carbocycles. The van der Waals surface area contributed by atoms with Crippen LogP contribution in [-0.2, 0) is 6.54 Å². The largest absolute Gasteiger partial charge is 0.312 e. The van der Waals surface area contributed by atoms with Crippen LogP contribution in [0.1, 0.15) is 25.3 Å². The molecule has 2 nitrogen and oxygen atoms in total. The van der Waals surface area contributed by atoms with E-state index < -0.39 is 0 Å². The van der Waals surface area contributed by atoms with Crippen LogP contribution in [0, 0.1) is 11.7 Å². The van der Waals surface area contributed by atoms with Crippen LogP contribution in [0.4, 0.5) is 4.39 Å². The second-order valence-electron chi connectivity index (χ2n) is 5.48. The molecular weight excluding hydrogens is 307 g/mol. The lowest BCUT2D eigenvalue weighted by Gasteiger charge is -2.20. The average molecular weight is 329 g/mol. The Bertz CT molecular complexity index is 405. The van der Waals surface area contributed by atoms with Gasteiger partial charge in [0, 0.05) is 17.6 Å². The lowest BCUT2D eigenvalue weighted by Crippen LogP contribution is -2.31. The van der Waals surface area contributed by atoms with E-state index in [-0.39, 0.29) is 5.82 Å². The average Bonchev–Trinajstić information content (AvgIpc) is 2.86. The van der Waals surface area contributed by atoms with Gasteiger partial charge in [-0.25, -0.2) is 4.39 Å². The van der Waals surface area contributed by atoms with Crippen LogP contribution < -0.4 is 5.32 Å². The first-order valence-corrected chi connectivity index (χ1v) is 7.81. The second kappa shape index (κ2) is 7.36. The van der Waals surface area contributed by atoms with E-state index in [2.05, 4.69) is 33.1 Å². The summed E-state index contributed by atoms with van der Waals surface area (Å²) in [5, 5.41) is 3.42. The van der Waals surface area contributed by atoms with Gasteiger partial charge >= 0.3 is 0 Å². The van der Waals surface area contributed by atoms with Gasteiger partial charge < -0.3 is 10.2 Å². The van der Waals surface area contributed by atoms with Gasteiger partial charge in [-0.05, 0) is 62.2 Å². The smallest absolute Gasteiger partial charge is 0.123 e. The summed E-state index contributed by atoms with van der Waals surface area (Å²) in [4.78, 5) is 2.53. The van der Waals surface area contributed by atoms with E-state index in [4.69, 9.17) is 0 Å². The van der Waals surface area contributed by atoms with Crippen molar-refractivity contribution < 1.29 is 4.39 Å². The van der Waals surface area contributed by atoms with Crippen molar-refractivity contribution >= 4 is 15.9 Å². The summed E-state index contributed by atoms with van der Waals surface area (Å²) >= 11 is 3.45. The normalized spacial score (nSPS) is 17.8. The molecule has 106 valence electrons. The van der Waals surface area contributed by atoms with Gasteiger partial charge in [-0.3, -0.25) is 0 Å². The summed E-state index contributed by atoms with van der Waals surface area (Å²) in [7, 11) is 0. The molecule has 0 amide bonds. The first kappa shape index (κ1) is 14.9. The third kappa shape index (κ3) is 4.86. The highest BCUT2D eigenvalue weighted by Gasteiger charge is 2.14. The summed E-state index contributed by atoms with van der Waals surface area (Å²) < 4.78 is 14.1. The number of nitrogens with one attached hydrogen (secondary N) is 1. The van der Waals surface area contributed by atoms with Crippen LogP contribution in [0.25, 0.3) is 0 Å². The first-order chi connectivity index (χ1) is 9.15. The second-order valence-corrected chi connectivity index (χ2v) is 6.33. The Kier molecular flexibility index (Phi) is 5.79. The standard InChI is InChI=1S/C15H22BrFN2/c1-12(11-19-6-2-3-7-19)9-18-10-13-8-14(17)4-5-15(13)16/h4-5,8,12,18H,2-3,6-7,9-11H2,1H3. The zero-order valence-electron chi connectivity index (χ0n) is 11.5. The third-order valence-corrected chi connectivity index (χ3v) is 4.36. The molecule has 1 heterocycles. The minimum absolute atomic E-state index is 0.176. The number of hydrogen-bond donors (Lipinski definition) is 1. The molecule has 1 aliphatic heterocycles. The molecule has 4 heteroatoms. The zero-order valence-corrected chi connectivity index (χ0v) is 13.0. The van der Waals surface area contributed by atoms with Gasteiger partial charge in [-0.15, -0.1) is 0 Å². The van der Waals surface area contributed by atoms with Crippen molar-refractivity contribution in [3.63, 3.8) is 0 Å². The Balaban J connectivity index is 1.71. The molecule has 0 aromatic heterocycles. The van der Waals surface area contributed by atoms with Gasteiger partial charge in [0.1, 0.15) is 5.82 Å². The topological polar surface area (TPSA) is 15.3 Å². The van der Waals surface area contributed by atoms with E-state index in [1.807, 2.05) is 0 Å². The van der Waals surface area contributed by atoms with Crippen molar-refractivity contribution in [2.45, 2.75) is 26.3 Å². The predicted molar refractivity (Wildman–Crippen MR) is 80.6 cm³/mol. The van der Waals surface area contributed by atoms with Crippen LogP contribution in [-0.4, -0.2) is 31.1 Å². The summed E-state index contributed by atoms with van der Waals surface area (Å²) in [6.45, 7) is 7.62. The molecule has 1 aromatic rings. The molecule has 1 atom stereocenters. The Labute approximate surface area is 123 Å². The van der Waals surface area contributed by atoms with Gasteiger partial charge in [0.2, 0.25) is 0 Å². The predicted octanol–water partition coefficient (Wildman–Crippen LogP) is 3.41. The fourth-order valence-electron chi connectivity index (χ4n) is 2.60. The van der Waals surface area contributed by atoms with E-state index in [1.54, 1.807) is 12.1 Å². The van der Waals surface area contributed by atoms with Crippen LogP contribution in [0.15, 0.2) is 22.7 Å². The van der Waals surface area contributed by atoms with Gasteiger partial charge in [0.15, 0.2) is 0 Å². The molecule has 0 radical (unpaired) electrons. The first-order valence-electron chi connectivity index (χ1n) is 7.02. The third-order valence-electron chi connectivity index (χ3n) is 3.58. The summed E-state index contributed by atoms with van der Waals surface area (Å²) in [5.74, 6) is 0.454. The Morgan fingerprint density at radius 2 is 2.11 bits per heavy atom. The van der Waals surface area contributed by atoms with E-state index in [1.165, 1.54) is 32.0 Å². The SMILES string of the molecule is CC(CNCc1cc(F)ccc1Br)CN1CCCC1. The molecule has 0 spiro atoms. The summed E-state index contributed by atoms with van der Waals surface area (Å²) in [6.07, 6.45) is 2.69. The minimum Gasteiger partial charge on any atom is -0.312 e. The molecule has 2 rings (SSSR count). The zero-order chi connectivity index (χ0) is 13.7. The number of benzene rings is 1. The molecule has 1 fully saturated rings. The molecular formula is C15H22BrFN2. The lowest BCUT2D eigenvalue weighted by atomic mass is 10.1. The van der Waals surface area contributed by atoms with E-state index in [0.29, 0.717) is 12.5 Å². The van der Waals surface area contributed by atoms with Crippen molar-refractivity contribution in [2.75, 3.05) is 26.2 Å². The van der Waals surface area contributed by atoms with Crippen molar-refractivity contribution in [1.82, 2.24) is 10.2 Å². The number of hydrogen-bond acceptors (Lipinski definition) is 2. The van der Waals surface area contributed by atoms with Crippen LogP contribution in [0.3, 0.4) is 0 Å². The maximum atomic E-state index is 13.1. The van der Waals surface area contributed by atoms with Crippen molar-refractivity contribution in [3.8, 4) is 0 Å². The van der Waals surface area contributed by atoms with Crippen LogP contribution in [0.5, 0.6) is 0 Å². The molecule has 19 heavy (non-hydrogen) atoms. The summed E-state index contributed by atoms with van der Waals surface area (Å²) in [6, 6.07) is 4.83. The molecule has 0 saturated carbocycles. The van der Waals surface area contributed by atoms with Gasteiger partial charge in [-0.2, -0.15) is 0 Å². The number of halogens is 2. The lowest BCUT2D eigenvalue weighted by molar-refractivity contribution is 0.282. The van der Waals surface area contributed by atoms with E-state index >= 15 is 0 Å². The highest BCUT2D eigenvalue weighted by molar-refractivity contribution is 9.10. The monoisotopic (exact) mass is 328 g/mol. The Morgan fingerprint density at radius 3 is 2.84 bits per heavy atom. The minimum atomic E-state index is -0.176. The fourth-order valence-corrected chi connectivity index (χ4v) is 2.99. The molecule has 1 saturated heterocycles. The number of nitrogens with zero attached hydrogens (tertiary/aromatic N) is 1. The maximum Gasteiger partial charge on any atom is 0.123 e. The van der Waals surface area contributed by atoms with Crippen LogP contribution in [0.2, 0.25) is 0 Å².